The summed E-state index contributed by atoms with van der Waals surface area (Å²) in [7, 11) is -1.06. The van der Waals surface area contributed by atoms with E-state index < -0.39 is 10.8 Å². The zero-order chi connectivity index (χ0) is 14.5. The van der Waals surface area contributed by atoms with Crippen molar-refractivity contribution in [3.8, 4) is 0 Å². The standard InChI is InChI=1S/C15H21Cl2NOS/c1-2-18-14-5-3-4-11(14)8-9-20(19)15-10-12(16)6-7-13(15)17/h6-7,10-11,14,18H,2-5,8-9H2,1H3. The van der Waals surface area contributed by atoms with Crippen LogP contribution in [0.1, 0.15) is 32.6 Å². The summed E-state index contributed by atoms with van der Waals surface area (Å²) in [5.74, 6) is 1.30. The molecule has 0 radical (unpaired) electrons. The molecule has 5 heteroatoms. The van der Waals surface area contributed by atoms with Crippen LogP contribution in [-0.2, 0) is 10.8 Å². The van der Waals surface area contributed by atoms with Crippen LogP contribution in [0.25, 0.3) is 0 Å². The Labute approximate surface area is 133 Å². The maximum atomic E-state index is 12.4. The van der Waals surface area contributed by atoms with Crippen molar-refractivity contribution in [1.29, 1.82) is 0 Å². The molecule has 2 nitrogen and oxygen atoms in total. The molecule has 0 saturated heterocycles. The Kier molecular flexibility index (Phi) is 6.34. The van der Waals surface area contributed by atoms with Crippen LogP contribution >= 0.6 is 23.2 Å². The van der Waals surface area contributed by atoms with Crippen LogP contribution < -0.4 is 5.32 Å². The molecular formula is C15H21Cl2NOS. The number of nitrogens with one attached hydrogen (secondary N) is 1. The van der Waals surface area contributed by atoms with E-state index in [0.29, 0.717) is 32.7 Å². The first kappa shape index (κ1) is 16.3. The van der Waals surface area contributed by atoms with Crippen molar-refractivity contribution < 1.29 is 4.21 Å². The second-order valence-electron chi connectivity index (χ2n) is 5.27. The fourth-order valence-electron chi connectivity index (χ4n) is 2.93. The smallest absolute Gasteiger partial charge is 0.0589 e. The molecule has 0 aliphatic heterocycles. The van der Waals surface area contributed by atoms with Gasteiger partial charge in [-0.25, -0.2) is 0 Å². The number of hydrogen-bond acceptors (Lipinski definition) is 2. The van der Waals surface area contributed by atoms with Gasteiger partial charge in [0.15, 0.2) is 0 Å². The predicted molar refractivity (Wildman–Crippen MR) is 87.2 cm³/mol. The van der Waals surface area contributed by atoms with Gasteiger partial charge in [-0.3, -0.25) is 4.21 Å². The second kappa shape index (κ2) is 7.79. The third-order valence-electron chi connectivity index (χ3n) is 3.94. The van der Waals surface area contributed by atoms with Gasteiger partial charge in [0.05, 0.1) is 20.7 Å². The van der Waals surface area contributed by atoms with E-state index >= 15 is 0 Å². The fourth-order valence-corrected chi connectivity index (χ4v) is 4.83. The normalized spacial score (nSPS) is 23.9. The molecule has 1 aliphatic rings. The molecule has 1 N–H and O–H groups in total. The maximum Gasteiger partial charge on any atom is 0.0589 e. The molecule has 0 spiro atoms. The molecule has 3 atom stereocenters. The number of rotatable bonds is 6. The summed E-state index contributed by atoms with van der Waals surface area (Å²) in [4.78, 5) is 0.664. The first-order valence-corrected chi connectivity index (χ1v) is 9.26. The summed E-state index contributed by atoms with van der Waals surface area (Å²) in [6.45, 7) is 3.14. The van der Waals surface area contributed by atoms with Crippen LogP contribution in [0.5, 0.6) is 0 Å². The van der Waals surface area contributed by atoms with Crippen molar-refractivity contribution in [2.75, 3.05) is 12.3 Å². The second-order valence-corrected chi connectivity index (χ2v) is 7.65. The van der Waals surface area contributed by atoms with Gasteiger partial charge in [-0.15, -0.1) is 0 Å². The van der Waals surface area contributed by atoms with E-state index in [-0.39, 0.29) is 0 Å². The lowest BCUT2D eigenvalue weighted by atomic mass is 10.0. The topological polar surface area (TPSA) is 29.1 Å². The quantitative estimate of drug-likeness (QED) is 0.842. The first-order valence-electron chi connectivity index (χ1n) is 7.18. The molecule has 1 fully saturated rings. The van der Waals surface area contributed by atoms with Gasteiger partial charge in [-0.05, 0) is 49.9 Å². The Morgan fingerprint density at radius 1 is 1.35 bits per heavy atom. The number of benzene rings is 1. The Bertz CT molecular complexity index is 481. The largest absolute Gasteiger partial charge is 0.314 e. The van der Waals surface area contributed by atoms with E-state index in [9.17, 15) is 4.21 Å². The zero-order valence-electron chi connectivity index (χ0n) is 11.7. The predicted octanol–water partition coefficient (Wildman–Crippen LogP) is 4.27. The Balaban J connectivity index is 1.93. The highest BCUT2D eigenvalue weighted by Gasteiger charge is 2.26. The minimum absolute atomic E-state index is 0.544. The maximum absolute atomic E-state index is 12.4. The van der Waals surface area contributed by atoms with Gasteiger partial charge in [-0.2, -0.15) is 0 Å². The summed E-state index contributed by atoms with van der Waals surface area (Å²) in [6, 6.07) is 5.75. The first-order chi connectivity index (χ1) is 9.61. The van der Waals surface area contributed by atoms with E-state index in [2.05, 4.69) is 12.2 Å². The average molecular weight is 334 g/mol. The average Bonchev–Trinajstić information content (AvgIpc) is 2.87. The van der Waals surface area contributed by atoms with E-state index in [1.54, 1.807) is 18.2 Å². The molecule has 0 heterocycles. The van der Waals surface area contributed by atoms with E-state index in [0.717, 1.165) is 13.0 Å². The molecule has 20 heavy (non-hydrogen) atoms. The van der Waals surface area contributed by atoms with Gasteiger partial charge in [0.2, 0.25) is 0 Å². The third-order valence-corrected chi connectivity index (χ3v) is 6.05. The molecule has 1 aromatic carbocycles. The van der Waals surface area contributed by atoms with Crippen LogP contribution in [0.3, 0.4) is 0 Å². The van der Waals surface area contributed by atoms with Crippen molar-refractivity contribution in [3.63, 3.8) is 0 Å². The zero-order valence-corrected chi connectivity index (χ0v) is 14.0. The van der Waals surface area contributed by atoms with Crippen LogP contribution in [0.15, 0.2) is 23.1 Å². The van der Waals surface area contributed by atoms with Gasteiger partial charge in [0.25, 0.3) is 0 Å². The van der Waals surface area contributed by atoms with Crippen LogP contribution in [-0.4, -0.2) is 22.5 Å². The van der Waals surface area contributed by atoms with Gasteiger partial charge >= 0.3 is 0 Å². The molecule has 112 valence electrons. The molecule has 1 aliphatic carbocycles. The Morgan fingerprint density at radius 3 is 2.90 bits per heavy atom. The van der Waals surface area contributed by atoms with Crippen molar-refractivity contribution in [2.24, 2.45) is 5.92 Å². The van der Waals surface area contributed by atoms with Gasteiger partial charge in [0.1, 0.15) is 0 Å². The molecule has 3 unspecified atom stereocenters. The number of hydrogen-bond donors (Lipinski definition) is 1. The molecule has 1 saturated carbocycles. The van der Waals surface area contributed by atoms with Gasteiger partial charge in [0, 0.05) is 16.8 Å². The molecule has 0 amide bonds. The molecule has 0 aromatic heterocycles. The van der Waals surface area contributed by atoms with Crippen LogP contribution in [0, 0.1) is 5.92 Å². The third kappa shape index (κ3) is 4.20. The molecule has 1 aromatic rings. The minimum Gasteiger partial charge on any atom is -0.314 e. The highest BCUT2D eigenvalue weighted by atomic mass is 35.5. The highest BCUT2D eigenvalue weighted by Crippen LogP contribution is 2.30. The van der Waals surface area contributed by atoms with E-state index in [1.807, 2.05) is 0 Å². The van der Waals surface area contributed by atoms with E-state index in [4.69, 9.17) is 23.2 Å². The van der Waals surface area contributed by atoms with Crippen LogP contribution in [0.4, 0.5) is 0 Å². The number of halogens is 2. The summed E-state index contributed by atoms with van der Waals surface area (Å²) >= 11 is 12.1. The minimum atomic E-state index is -1.06. The van der Waals surface area contributed by atoms with Crippen molar-refractivity contribution >= 4 is 34.0 Å². The van der Waals surface area contributed by atoms with Crippen LogP contribution in [0.2, 0.25) is 10.0 Å². The fraction of sp³-hybridized carbons (Fsp3) is 0.600. The summed E-state index contributed by atoms with van der Waals surface area (Å²) in [5, 5.41) is 4.66. The molecule has 2 rings (SSSR count). The van der Waals surface area contributed by atoms with Gasteiger partial charge < -0.3 is 5.32 Å². The lowest BCUT2D eigenvalue weighted by molar-refractivity contribution is 0.399. The molecular weight excluding hydrogens is 313 g/mol. The summed E-state index contributed by atoms with van der Waals surface area (Å²) < 4.78 is 12.4. The van der Waals surface area contributed by atoms with Crippen molar-refractivity contribution in [1.82, 2.24) is 5.32 Å². The monoisotopic (exact) mass is 333 g/mol. The van der Waals surface area contributed by atoms with Crippen molar-refractivity contribution in [2.45, 2.75) is 43.5 Å². The summed E-state index contributed by atoms with van der Waals surface area (Å²) in [5.41, 5.74) is 0. The lowest BCUT2D eigenvalue weighted by Crippen LogP contribution is -2.32. The van der Waals surface area contributed by atoms with Crippen molar-refractivity contribution in [3.05, 3.63) is 28.2 Å². The molecule has 0 bridgehead atoms. The van der Waals surface area contributed by atoms with E-state index in [1.165, 1.54) is 19.3 Å². The Morgan fingerprint density at radius 2 is 2.15 bits per heavy atom. The summed E-state index contributed by atoms with van der Waals surface area (Å²) in [6.07, 6.45) is 4.72. The lowest BCUT2D eigenvalue weighted by Gasteiger charge is -2.20. The Hall–Kier alpha value is -0.0900. The SMILES string of the molecule is CCNC1CCCC1CCS(=O)c1cc(Cl)ccc1Cl. The highest BCUT2D eigenvalue weighted by molar-refractivity contribution is 7.85. The van der Waals surface area contributed by atoms with Gasteiger partial charge in [-0.1, -0.05) is 36.5 Å².